The van der Waals surface area contributed by atoms with Crippen molar-refractivity contribution in [1.82, 2.24) is 15.2 Å². The number of benzene rings is 2. The number of esters is 1. The molecule has 3 heterocycles. The van der Waals surface area contributed by atoms with E-state index >= 15 is 0 Å². The summed E-state index contributed by atoms with van der Waals surface area (Å²) in [5.74, 6) is -0.459. The van der Waals surface area contributed by atoms with E-state index in [1.165, 1.54) is 41.9 Å². The number of fused-ring (bicyclic) bond motifs is 1. The van der Waals surface area contributed by atoms with E-state index in [4.69, 9.17) is 21.1 Å². The van der Waals surface area contributed by atoms with Crippen LogP contribution >= 0.6 is 34.3 Å². The van der Waals surface area contributed by atoms with Crippen molar-refractivity contribution in [1.29, 1.82) is 0 Å². The van der Waals surface area contributed by atoms with Crippen molar-refractivity contribution in [3.8, 4) is 11.5 Å². The molecule has 56 heavy (non-hydrogen) atoms. The second-order valence-electron chi connectivity index (χ2n) is 14.8. The number of amides is 1. The number of phenols is 1. The van der Waals surface area contributed by atoms with Gasteiger partial charge in [-0.05, 0) is 93.2 Å². The molecule has 2 aromatic carbocycles. The van der Waals surface area contributed by atoms with E-state index in [1.54, 1.807) is 48.5 Å². The van der Waals surface area contributed by atoms with Crippen molar-refractivity contribution in [2.24, 2.45) is 5.41 Å². The fourth-order valence-electron chi connectivity index (χ4n) is 7.27. The molecule has 1 fully saturated rings. The Balaban J connectivity index is 1.01. The summed E-state index contributed by atoms with van der Waals surface area (Å²) in [4.78, 5) is 44.7. The molecule has 0 saturated heterocycles. The average molecular weight is 823 g/mol. The number of hydrogen-bond acceptors (Lipinski definition) is 12. The minimum Gasteiger partial charge on any atom is -0.506 e. The Morgan fingerprint density at radius 2 is 1.71 bits per heavy atom. The van der Waals surface area contributed by atoms with Crippen LogP contribution in [-0.2, 0) is 26.5 Å². The van der Waals surface area contributed by atoms with Crippen LogP contribution in [0.15, 0.2) is 76.2 Å². The maximum Gasteiger partial charge on any atom is 0.349 e. The number of halogens is 1. The van der Waals surface area contributed by atoms with Gasteiger partial charge in [-0.15, -0.1) is 22.7 Å². The molecule has 1 aliphatic carbocycles. The lowest BCUT2D eigenvalue weighted by molar-refractivity contribution is -0.169. The molecule has 1 amide bonds. The Hall–Kier alpha value is -4.28. The van der Waals surface area contributed by atoms with E-state index in [0.717, 1.165) is 12.8 Å². The third-order valence-electron chi connectivity index (χ3n) is 10.4. The summed E-state index contributed by atoms with van der Waals surface area (Å²) in [6.07, 6.45) is 1.56. The highest BCUT2D eigenvalue weighted by Crippen LogP contribution is 2.39. The molecule has 3 aromatic heterocycles. The number of H-pyrrole nitrogens is 1. The summed E-state index contributed by atoms with van der Waals surface area (Å²) in [6, 6.07) is 16.6. The number of aromatic nitrogens is 1. The quantitative estimate of drug-likeness (QED) is 0.0638. The van der Waals surface area contributed by atoms with Crippen LogP contribution in [0.25, 0.3) is 10.9 Å². The molecule has 1 aliphatic rings. The molecule has 0 bridgehead atoms. The fraction of sp³-hybridized carbons (Fsp3) is 0.390. The van der Waals surface area contributed by atoms with E-state index in [1.807, 2.05) is 31.7 Å². The third-order valence-corrected chi connectivity index (χ3v) is 12.7. The predicted molar refractivity (Wildman–Crippen MR) is 220 cm³/mol. The topological polar surface area (TPSA) is 173 Å². The van der Waals surface area contributed by atoms with E-state index < -0.39 is 23.1 Å². The van der Waals surface area contributed by atoms with Gasteiger partial charge in [-0.2, -0.15) is 0 Å². The van der Waals surface area contributed by atoms with Gasteiger partial charge in [0.2, 0.25) is 17.1 Å². The number of rotatable bonds is 15. The molecule has 15 heteroatoms. The van der Waals surface area contributed by atoms with Gasteiger partial charge in [0.25, 0.3) is 0 Å². The smallest absolute Gasteiger partial charge is 0.349 e. The molecular weight excluding hydrogens is 776 g/mol. The predicted octanol–water partition coefficient (Wildman–Crippen LogP) is 6.53. The van der Waals surface area contributed by atoms with Crippen LogP contribution in [-0.4, -0.2) is 76.5 Å². The molecule has 6 N–H and O–H groups in total. The molecule has 1 saturated carbocycles. The second kappa shape index (κ2) is 17.5. The molecular formula is C41H47ClN4O8S2. The Kier molecular flexibility index (Phi) is 12.9. The lowest BCUT2D eigenvalue weighted by Crippen LogP contribution is -2.46. The van der Waals surface area contributed by atoms with Crippen molar-refractivity contribution in [2.75, 3.05) is 32.6 Å². The highest BCUT2D eigenvalue weighted by Gasteiger charge is 2.45. The molecule has 5 aromatic rings. The third kappa shape index (κ3) is 8.97. The lowest BCUT2D eigenvalue weighted by Gasteiger charge is -2.38. The Bertz CT molecular complexity index is 2170. The molecule has 0 unspecified atom stereocenters. The van der Waals surface area contributed by atoms with Gasteiger partial charge in [0.05, 0.1) is 44.6 Å². The van der Waals surface area contributed by atoms with E-state index in [2.05, 4.69) is 20.5 Å². The summed E-state index contributed by atoms with van der Waals surface area (Å²) < 4.78 is 11.6. The van der Waals surface area contributed by atoms with Crippen LogP contribution in [0.5, 0.6) is 11.5 Å². The highest BCUT2D eigenvalue weighted by atomic mass is 35.5. The van der Waals surface area contributed by atoms with Gasteiger partial charge in [0.1, 0.15) is 17.6 Å². The monoisotopic (exact) mass is 822 g/mol. The number of hydrogen-bond donors (Lipinski definition) is 6. The normalized spacial score (nSPS) is 16.9. The SMILES string of the molecule is COc1cc(NC(=O)C(C)(C)CN(C)C2CCC(OC(=O)C(O)(c3cccs3)c3cccs3)CC2)c(Cl)cc1CNC[C@@H](O)c1ccc(O)c2[nH]c(=O)ccc12. The zero-order valence-electron chi connectivity index (χ0n) is 31.6. The maximum atomic E-state index is 13.7. The van der Waals surface area contributed by atoms with Gasteiger partial charge in [-0.1, -0.05) is 29.8 Å². The van der Waals surface area contributed by atoms with Gasteiger partial charge >= 0.3 is 5.97 Å². The standard InChI is InChI=1S/C41H47ClN4O8S2/c1-40(2,23-46(3)25-9-11-26(12-10-25)54-39(51)41(52,34-7-5-17-55-34)35-8-6-18-56-35)38(50)44-30-20-33(53-4)24(19-29(30)42)21-43-22-32(48)27-13-15-31(47)37-28(27)14-16-36(49)45-37/h5-8,13-20,25-26,32,43,47-48,52H,9-12,21-23H2,1-4H3,(H,44,50)(H,45,49)/t25?,26?,32-/m1/s1. The van der Waals surface area contributed by atoms with Crippen molar-refractivity contribution >= 4 is 62.7 Å². The summed E-state index contributed by atoms with van der Waals surface area (Å²) in [7, 11) is 3.52. The molecule has 1 atom stereocenters. The van der Waals surface area contributed by atoms with Crippen LogP contribution in [0.3, 0.4) is 0 Å². The number of ether oxygens (including phenoxy) is 2. The summed E-state index contributed by atoms with van der Waals surface area (Å²) in [5.41, 5.74) is -1.07. The number of anilines is 1. The van der Waals surface area contributed by atoms with Crippen molar-refractivity contribution < 1.29 is 34.4 Å². The van der Waals surface area contributed by atoms with Crippen LogP contribution in [0.2, 0.25) is 5.02 Å². The van der Waals surface area contributed by atoms with E-state index in [-0.39, 0.29) is 41.4 Å². The van der Waals surface area contributed by atoms with E-state index in [0.29, 0.717) is 68.7 Å². The molecule has 0 radical (unpaired) electrons. The van der Waals surface area contributed by atoms with E-state index in [9.17, 15) is 29.7 Å². The Morgan fingerprint density at radius 1 is 1.04 bits per heavy atom. The maximum absolute atomic E-state index is 13.7. The van der Waals surface area contributed by atoms with Gasteiger partial charge in [0.15, 0.2) is 0 Å². The van der Waals surface area contributed by atoms with Crippen LogP contribution in [0.1, 0.15) is 66.5 Å². The number of aliphatic hydroxyl groups excluding tert-OH is 1. The highest BCUT2D eigenvalue weighted by molar-refractivity contribution is 7.12. The molecule has 12 nitrogen and oxygen atoms in total. The Labute approximate surface area is 338 Å². The largest absolute Gasteiger partial charge is 0.506 e. The van der Waals surface area contributed by atoms with Gasteiger partial charge < -0.3 is 45.3 Å². The van der Waals surface area contributed by atoms with Gasteiger partial charge in [-0.25, -0.2) is 4.79 Å². The number of methoxy groups -OCH3 is 1. The lowest BCUT2D eigenvalue weighted by atomic mass is 9.87. The molecule has 0 spiro atoms. The number of thiophene rings is 2. The van der Waals surface area contributed by atoms with Gasteiger partial charge in [0, 0.05) is 48.8 Å². The number of pyridine rings is 1. The number of nitrogens with one attached hydrogen (secondary N) is 3. The Morgan fingerprint density at radius 3 is 2.34 bits per heavy atom. The minimum atomic E-state index is -1.84. The first-order valence-corrected chi connectivity index (χ1v) is 20.5. The first-order chi connectivity index (χ1) is 26.7. The van der Waals surface area contributed by atoms with Crippen molar-refractivity contribution in [3.05, 3.63) is 108 Å². The molecule has 0 aliphatic heterocycles. The number of aromatic hydroxyl groups is 1. The van der Waals surface area contributed by atoms with Crippen LogP contribution in [0, 0.1) is 5.41 Å². The second-order valence-corrected chi connectivity index (χ2v) is 17.1. The fourth-order valence-corrected chi connectivity index (χ4v) is 9.22. The number of carbonyl (C=O) groups excluding carboxylic acids is 2. The molecule has 298 valence electrons. The van der Waals surface area contributed by atoms with Gasteiger partial charge in [-0.3, -0.25) is 9.59 Å². The zero-order valence-corrected chi connectivity index (χ0v) is 34.0. The number of carbonyl (C=O) groups is 2. The summed E-state index contributed by atoms with van der Waals surface area (Å²) in [5, 5.41) is 43.5. The average Bonchev–Trinajstić information content (AvgIpc) is 3.92. The minimum absolute atomic E-state index is 0.0844. The number of aliphatic hydroxyl groups is 2. The van der Waals surface area contributed by atoms with Crippen LogP contribution in [0.4, 0.5) is 5.69 Å². The molecule has 6 rings (SSSR count). The first kappa shape index (κ1) is 41.4. The first-order valence-electron chi connectivity index (χ1n) is 18.3. The number of phenolic OH excluding ortho intramolecular Hbond substituents is 1. The van der Waals surface area contributed by atoms with Crippen LogP contribution < -0.4 is 20.9 Å². The van der Waals surface area contributed by atoms with Crippen molar-refractivity contribution in [3.63, 3.8) is 0 Å². The number of nitrogens with zero attached hydrogens (tertiary/aromatic N) is 1. The zero-order chi connectivity index (χ0) is 40.2. The number of aromatic amines is 1. The summed E-state index contributed by atoms with van der Waals surface area (Å²) in [6.45, 7) is 4.68. The van der Waals surface area contributed by atoms with Crippen molar-refractivity contribution in [2.45, 2.75) is 69.9 Å². The summed E-state index contributed by atoms with van der Waals surface area (Å²) >= 11 is 9.32.